The Kier molecular flexibility index (Phi) is 4.63. The molecule has 0 aromatic heterocycles. The highest BCUT2D eigenvalue weighted by Crippen LogP contribution is 2.27. The van der Waals surface area contributed by atoms with Crippen LogP contribution >= 0.6 is 0 Å². The van der Waals surface area contributed by atoms with Gasteiger partial charge in [-0.3, -0.25) is 0 Å². The Morgan fingerprint density at radius 2 is 2.36 bits per heavy atom. The van der Waals surface area contributed by atoms with E-state index in [1.54, 1.807) is 0 Å². The van der Waals surface area contributed by atoms with Gasteiger partial charge in [-0.15, -0.1) is 0 Å². The van der Waals surface area contributed by atoms with Crippen molar-refractivity contribution in [1.29, 1.82) is 0 Å². The van der Waals surface area contributed by atoms with Crippen molar-refractivity contribution in [2.45, 2.75) is 39.7 Å². The summed E-state index contributed by atoms with van der Waals surface area (Å²) in [5.74, 6) is 1.48. The van der Waals surface area contributed by atoms with E-state index in [4.69, 9.17) is 5.11 Å². The van der Waals surface area contributed by atoms with E-state index in [1.807, 2.05) is 6.92 Å². The number of allylic oxidation sites excluding steroid dienone is 2. The average molecular weight is 197 g/mol. The molecule has 0 saturated heterocycles. The van der Waals surface area contributed by atoms with Gasteiger partial charge in [0.25, 0.3) is 0 Å². The summed E-state index contributed by atoms with van der Waals surface area (Å²) in [6.07, 6.45) is 4.88. The van der Waals surface area contributed by atoms with E-state index >= 15 is 0 Å². The summed E-state index contributed by atoms with van der Waals surface area (Å²) in [5.41, 5.74) is 1.52. The second kappa shape index (κ2) is 5.52. The van der Waals surface area contributed by atoms with Crippen LogP contribution < -0.4 is 5.32 Å². The lowest BCUT2D eigenvalue weighted by atomic mass is 9.83. The maximum Gasteiger partial charge on any atom is 0.0581 e. The van der Waals surface area contributed by atoms with Crippen LogP contribution in [0.25, 0.3) is 0 Å². The normalized spacial score (nSPS) is 29.9. The second-order valence-electron chi connectivity index (χ2n) is 4.79. The molecular weight excluding hydrogens is 174 g/mol. The molecular formula is C12H23NO. The maximum atomic E-state index is 8.89. The minimum Gasteiger partial charge on any atom is -0.395 e. The lowest BCUT2D eigenvalue weighted by molar-refractivity contribution is 0.242. The van der Waals surface area contributed by atoms with Crippen LogP contribution in [-0.2, 0) is 0 Å². The lowest BCUT2D eigenvalue weighted by Crippen LogP contribution is -2.34. The smallest absolute Gasteiger partial charge is 0.0581 e. The maximum absolute atomic E-state index is 8.89. The molecule has 0 aromatic rings. The molecule has 2 nitrogen and oxygen atoms in total. The van der Waals surface area contributed by atoms with Gasteiger partial charge in [0.15, 0.2) is 0 Å². The van der Waals surface area contributed by atoms with Gasteiger partial charge in [-0.1, -0.05) is 18.6 Å². The van der Waals surface area contributed by atoms with Crippen molar-refractivity contribution in [3.63, 3.8) is 0 Å². The van der Waals surface area contributed by atoms with E-state index in [0.29, 0.717) is 0 Å². The third-order valence-electron chi connectivity index (χ3n) is 2.91. The lowest BCUT2D eigenvalue weighted by Gasteiger charge is -2.26. The van der Waals surface area contributed by atoms with Crippen LogP contribution in [-0.4, -0.2) is 24.3 Å². The first-order valence-electron chi connectivity index (χ1n) is 5.63. The van der Waals surface area contributed by atoms with Gasteiger partial charge in [-0.2, -0.15) is 0 Å². The van der Waals surface area contributed by atoms with Crippen LogP contribution in [0.1, 0.15) is 33.6 Å². The Morgan fingerprint density at radius 1 is 1.64 bits per heavy atom. The Balaban J connectivity index is 2.29. The highest BCUT2D eigenvalue weighted by molar-refractivity contribution is 5.06. The highest BCUT2D eigenvalue weighted by atomic mass is 16.3. The molecule has 0 saturated carbocycles. The summed E-state index contributed by atoms with van der Waals surface area (Å²) < 4.78 is 0. The molecule has 0 radical (unpaired) electrons. The zero-order chi connectivity index (χ0) is 10.6. The Hall–Kier alpha value is -0.340. The van der Waals surface area contributed by atoms with Crippen molar-refractivity contribution < 1.29 is 5.11 Å². The molecule has 2 N–H and O–H groups in total. The van der Waals surface area contributed by atoms with Gasteiger partial charge < -0.3 is 10.4 Å². The molecule has 1 aliphatic carbocycles. The number of rotatable bonds is 4. The van der Waals surface area contributed by atoms with Gasteiger partial charge in [-0.05, 0) is 45.1 Å². The molecule has 0 amide bonds. The Morgan fingerprint density at radius 3 is 2.93 bits per heavy atom. The van der Waals surface area contributed by atoms with Crippen LogP contribution in [0.3, 0.4) is 0 Å². The monoisotopic (exact) mass is 197 g/mol. The van der Waals surface area contributed by atoms with E-state index in [2.05, 4.69) is 25.2 Å². The van der Waals surface area contributed by atoms with E-state index in [0.717, 1.165) is 18.4 Å². The first-order valence-corrected chi connectivity index (χ1v) is 5.63. The molecule has 3 unspecified atom stereocenters. The van der Waals surface area contributed by atoms with E-state index in [-0.39, 0.29) is 12.6 Å². The first-order chi connectivity index (χ1) is 6.61. The molecule has 0 heterocycles. The van der Waals surface area contributed by atoms with E-state index < -0.39 is 0 Å². The predicted molar refractivity (Wildman–Crippen MR) is 60.2 cm³/mol. The number of aliphatic hydroxyl groups excluding tert-OH is 1. The molecule has 0 fully saturated rings. The fourth-order valence-corrected chi connectivity index (χ4v) is 2.27. The van der Waals surface area contributed by atoms with Crippen molar-refractivity contribution in [3.05, 3.63) is 11.6 Å². The standard InChI is InChI=1S/C12H23NO/c1-9-4-10(2)6-12(5-9)7-13-11(3)8-14/h4,9,11-14H,5-8H2,1-3H3. The second-order valence-corrected chi connectivity index (χ2v) is 4.79. The topological polar surface area (TPSA) is 32.3 Å². The van der Waals surface area contributed by atoms with E-state index in [1.165, 1.54) is 18.4 Å². The van der Waals surface area contributed by atoms with Gasteiger partial charge in [-0.25, -0.2) is 0 Å². The molecule has 1 aliphatic rings. The van der Waals surface area contributed by atoms with Crippen molar-refractivity contribution in [3.8, 4) is 0 Å². The number of nitrogens with one attached hydrogen (secondary N) is 1. The zero-order valence-corrected chi connectivity index (χ0v) is 9.59. The zero-order valence-electron chi connectivity index (χ0n) is 9.59. The number of aliphatic hydroxyl groups is 1. The van der Waals surface area contributed by atoms with Crippen LogP contribution in [0.4, 0.5) is 0 Å². The Labute approximate surface area is 87.4 Å². The van der Waals surface area contributed by atoms with E-state index in [9.17, 15) is 0 Å². The SMILES string of the molecule is CC1=CC(C)CC(CNC(C)CO)C1. The molecule has 0 bridgehead atoms. The Bertz CT molecular complexity index is 200. The summed E-state index contributed by atoms with van der Waals surface area (Å²) in [6.45, 7) is 7.80. The first kappa shape index (κ1) is 11.7. The minimum atomic E-state index is 0.233. The number of hydrogen-bond acceptors (Lipinski definition) is 2. The van der Waals surface area contributed by atoms with Crippen LogP contribution in [0.15, 0.2) is 11.6 Å². The molecule has 2 heteroatoms. The summed E-state index contributed by atoms with van der Waals surface area (Å²) in [4.78, 5) is 0. The van der Waals surface area contributed by atoms with Gasteiger partial charge in [0, 0.05) is 6.04 Å². The number of hydrogen-bond donors (Lipinski definition) is 2. The molecule has 0 aromatic carbocycles. The van der Waals surface area contributed by atoms with Crippen molar-refractivity contribution >= 4 is 0 Å². The summed E-state index contributed by atoms with van der Waals surface area (Å²) in [6, 6.07) is 0.233. The van der Waals surface area contributed by atoms with Gasteiger partial charge in [0.05, 0.1) is 6.61 Å². The van der Waals surface area contributed by atoms with Crippen molar-refractivity contribution in [1.82, 2.24) is 5.32 Å². The average Bonchev–Trinajstić information content (AvgIpc) is 2.12. The van der Waals surface area contributed by atoms with Gasteiger partial charge >= 0.3 is 0 Å². The summed E-state index contributed by atoms with van der Waals surface area (Å²) in [7, 11) is 0. The fourth-order valence-electron chi connectivity index (χ4n) is 2.27. The van der Waals surface area contributed by atoms with Crippen molar-refractivity contribution in [2.75, 3.05) is 13.2 Å². The molecule has 3 atom stereocenters. The van der Waals surface area contributed by atoms with Crippen LogP contribution in [0, 0.1) is 11.8 Å². The summed E-state index contributed by atoms with van der Waals surface area (Å²) in [5, 5.41) is 12.3. The van der Waals surface area contributed by atoms with Crippen LogP contribution in [0.5, 0.6) is 0 Å². The van der Waals surface area contributed by atoms with Gasteiger partial charge in [0.2, 0.25) is 0 Å². The quantitative estimate of drug-likeness (QED) is 0.675. The van der Waals surface area contributed by atoms with Crippen LogP contribution in [0.2, 0.25) is 0 Å². The molecule has 82 valence electrons. The molecule has 1 rings (SSSR count). The minimum absolute atomic E-state index is 0.233. The molecule has 0 spiro atoms. The fraction of sp³-hybridized carbons (Fsp3) is 0.833. The third kappa shape index (κ3) is 3.81. The predicted octanol–water partition coefficient (Wildman–Crippen LogP) is 1.95. The third-order valence-corrected chi connectivity index (χ3v) is 2.91. The summed E-state index contributed by atoms with van der Waals surface area (Å²) >= 11 is 0. The molecule has 0 aliphatic heterocycles. The largest absolute Gasteiger partial charge is 0.395 e. The van der Waals surface area contributed by atoms with Crippen molar-refractivity contribution in [2.24, 2.45) is 11.8 Å². The highest BCUT2D eigenvalue weighted by Gasteiger charge is 2.17. The van der Waals surface area contributed by atoms with Gasteiger partial charge in [0.1, 0.15) is 0 Å². The molecule has 14 heavy (non-hydrogen) atoms.